The molecule has 2 nitrogen and oxygen atoms in total. The third-order valence-electron chi connectivity index (χ3n) is 4.85. The van der Waals surface area contributed by atoms with Crippen molar-refractivity contribution in [3.8, 4) is 0 Å². The first-order chi connectivity index (χ1) is 10.9. The van der Waals surface area contributed by atoms with E-state index in [9.17, 15) is 0 Å². The molecule has 0 saturated carbocycles. The number of rotatable bonds is 0. The second-order valence-electron chi connectivity index (χ2n) is 5.90. The molecule has 0 radical (unpaired) electrons. The van der Waals surface area contributed by atoms with E-state index in [1.807, 2.05) is 12.4 Å². The highest BCUT2D eigenvalue weighted by Gasteiger charge is 2.17. The van der Waals surface area contributed by atoms with E-state index in [0.29, 0.717) is 0 Å². The van der Waals surface area contributed by atoms with Gasteiger partial charge in [-0.05, 0) is 39.7 Å². The standard InChI is InChI=1S/C20H10N2/c1-2-11-4-5-12-10-16-15(7-8-21-16)19-18(12)17(11)13(3-1)14-6-9-22-20(14)19/h1-10H. The summed E-state index contributed by atoms with van der Waals surface area (Å²) >= 11 is 0. The highest BCUT2D eigenvalue weighted by molar-refractivity contribution is 6.37. The maximum absolute atomic E-state index is 4.67. The summed E-state index contributed by atoms with van der Waals surface area (Å²) in [5.41, 5.74) is 2.14. The van der Waals surface area contributed by atoms with Gasteiger partial charge in [-0.3, -0.25) is 9.97 Å². The Morgan fingerprint density at radius 3 is 2.45 bits per heavy atom. The van der Waals surface area contributed by atoms with Gasteiger partial charge < -0.3 is 0 Å². The van der Waals surface area contributed by atoms with Crippen molar-refractivity contribution in [2.45, 2.75) is 0 Å². The van der Waals surface area contributed by atoms with Crippen molar-refractivity contribution in [1.29, 1.82) is 0 Å². The molecule has 0 aliphatic rings. The van der Waals surface area contributed by atoms with Crippen LogP contribution in [0.4, 0.5) is 0 Å². The van der Waals surface area contributed by atoms with E-state index in [1.165, 1.54) is 43.1 Å². The minimum Gasteiger partial charge on any atom is -0.256 e. The van der Waals surface area contributed by atoms with Gasteiger partial charge >= 0.3 is 0 Å². The normalized spacial score (nSPS) is 12.5. The minimum absolute atomic E-state index is 1.05. The number of nitrogens with zero attached hydrogens (tertiary/aromatic N) is 2. The summed E-state index contributed by atoms with van der Waals surface area (Å²) in [5, 5.41) is 10.2. The van der Waals surface area contributed by atoms with Crippen LogP contribution in [0.1, 0.15) is 0 Å². The fraction of sp³-hybridized carbons (Fsp3) is 0. The van der Waals surface area contributed by atoms with E-state index >= 15 is 0 Å². The molecule has 4 aromatic carbocycles. The Bertz CT molecular complexity index is 1320. The summed E-state index contributed by atoms with van der Waals surface area (Å²) in [5.74, 6) is 0. The second-order valence-corrected chi connectivity index (χ2v) is 5.90. The van der Waals surface area contributed by atoms with E-state index < -0.39 is 0 Å². The Kier molecular flexibility index (Phi) is 1.66. The van der Waals surface area contributed by atoms with Crippen LogP contribution in [0.15, 0.2) is 60.9 Å². The number of hydrogen-bond acceptors (Lipinski definition) is 2. The highest BCUT2D eigenvalue weighted by Crippen LogP contribution is 2.42. The molecule has 100 valence electrons. The molecule has 2 aromatic heterocycles. The molecule has 22 heavy (non-hydrogen) atoms. The summed E-state index contributed by atoms with van der Waals surface area (Å²) in [6, 6.07) is 17.4. The fourth-order valence-corrected chi connectivity index (χ4v) is 3.96. The maximum atomic E-state index is 4.67. The predicted molar refractivity (Wildman–Crippen MR) is 91.9 cm³/mol. The van der Waals surface area contributed by atoms with Crippen molar-refractivity contribution in [2.75, 3.05) is 0 Å². The predicted octanol–water partition coefficient (Wildman–Crippen LogP) is 5.12. The second kappa shape index (κ2) is 3.42. The molecule has 2 heteroatoms. The van der Waals surface area contributed by atoms with Crippen LogP contribution in [0.3, 0.4) is 0 Å². The number of hydrogen-bond donors (Lipinski definition) is 0. The van der Waals surface area contributed by atoms with E-state index in [0.717, 1.165) is 11.0 Å². The monoisotopic (exact) mass is 278 g/mol. The molecule has 6 rings (SSSR count). The van der Waals surface area contributed by atoms with Crippen LogP contribution in [0.25, 0.3) is 54.1 Å². The minimum atomic E-state index is 1.05. The van der Waals surface area contributed by atoms with Crippen molar-refractivity contribution in [3.05, 3.63) is 60.9 Å². The molecular weight excluding hydrogens is 268 g/mol. The molecule has 6 aromatic rings. The molecule has 0 spiro atoms. The summed E-state index contributed by atoms with van der Waals surface area (Å²) in [6.07, 6.45) is 3.80. The van der Waals surface area contributed by atoms with Crippen LogP contribution in [-0.4, -0.2) is 9.97 Å². The number of aromatic nitrogens is 2. The summed E-state index contributed by atoms with van der Waals surface area (Å²) in [6.45, 7) is 0. The summed E-state index contributed by atoms with van der Waals surface area (Å²) in [4.78, 5) is 9.18. The first-order valence-corrected chi connectivity index (χ1v) is 7.44. The summed E-state index contributed by atoms with van der Waals surface area (Å²) < 4.78 is 0. The Hall–Kier alpha value is -3.00. The van der Waals surface area contributed by atoms with Gasteiger partial charge in [-0.15, -0.1) is 0 Å². The van der Waals surface area contributed by atoms with Gasteiger partial charge in [0.05, 0.1) is 11.0 Å². The lowest BCUT2D eigenvalue weighted by atomic mass is 9.90. The molecule has 0 atom stereocenters. The lowest BCUT2D eigenvalue weighted by Gasteiger charge is -2.13. The van der Waals surface area contributed by atoms with Crippen LogP contribution in [0.5, 0.6) is 0 Å². The average molecular weight is 278 g/mol. The van der Waals surface area contributed by atoms with E-state index in [1.54, 1.807) is 0 Å². The smallest absolute Gasteiger partial charge is 0.0794 e. The molecule has 0 aliphatic carbocycles. The molecule has 0 saturated heterocycles. The first kappa shape index (κ1) is 10.7. The zero-order chi connectivity index (χ0) is 14.3. The lowest BCUT2D eigenvalue weighted by Crippen LogP contribution is -1.86. The molecule has 2 heterocycles. The van der Waals surface area contributed by atoms with Gasteiger partial charge in [0.1, 0.15) is 0 Å². The van der Waals surface area contributed by atoms with Gasteiger partial charge in [0, 0.05) is 33.9 Å². The Morgan fingerprint density at radius 1 is 0.591 bits per heavy atom. The number of benzene rings is 4. The first-order valence-electron chi connectivity index (χ1n) is 7.44. The van der Waals surface area contributed by atoms with Crippen LogP contribution in [-0.2, 0) is 0 Å². The van der Waals surface area contributed by atoms with Crippen LogP contribution < -0.4 is 0 Å². The molecular formula is C20H10N2. The quantitative estimate of drug-likeness (QED) is 0.360. The average Bonchev–Trinajstić information content (AvgIpc) is 3.21. The van der Waals surface area contributed by atoms with Crippen molar-refractivity contribution >= 4 is 54.1 Å². The van der Waals surface area contributed by atoms with Crippen LogP contribution in [0, 0.1) is 0 Å². The zero-order valence-electron chi connectivity index (χ0n) is 11.7. The maximum Gasteiger partial charge on any atom is 0.0794 e. The van der Waals surface area contributed by atoms with Crippen molar-refractivity contribution in [1.82, 2.24) is 9.97 Å². The largest absolute Gasteiger partial charge is 0.256 e. The highest BCUT2D eigenvalue weighted by atomic mass is 14.7. The van der Waals surface area contributed by atoms with Crippen molar-refractivity contribution in [2.24, 2.45) is 0 Å². The lowest BCUT2D eigenvalue weighted by molar-refractivity contribution is 1.48. The molecule has 0 aliphatic heterocycles. The number of fused-ring (bicyclic) bond motifs is 5. The van der Waals surface area contributed by atoms with Gasteiger partial charge in [0.2, 0.25) is 0 Å². The Labute approximate surface area is 125 Å². The van der Waals surface area contributed by atoms with Crippen molar-refractivity contribution in [3.63, 3.8) is 0 Å². The van der Waals surface area contributed by atoms with Crippen LogP contribution >= 0.6 is 0 Å². The van der Waals surface area contributed by atoms with Gasteiger partial charge in [-0.1, -0.05) is 30.3 Å². The van der Waals surface area contributed by atoms with Gasteiger partial charge in [-0.25, -0.2) is 0 Å². The third kappa shape index (κ3) is 1.06. The van der Waals surface area contributed by atoms with E-state index in [-0.39, 0.29) is 0 Å². The van der Waals surface area contributed by atoms with E-state index in [2.05, 4.69) is 58.5 Å². The van der Waals surface area contributed by atoms with Crippen LogP contribution in [0.2, 0.25) is 0 Å². The zero-order valence-corrected chi connectivity index (χ0v) is 11.7. The summed E-state index contributed by atoms with van der Waals surface area (Å²) in [7, 11) is 0. The van der Waals surface area contributed by atoms with Crippen molar-refractivity contribution < 1.29 is 0 Å². The molecule has 0 fully saturated rings. The topological polar surface area (TPSA) is 25.8 Å². The molecule has 0 unspecified atom stereocenters. The van der Waals surface area contributed by atoms with Gasteiger partial charge in [0.25, 0.3) is 0 Å². The van der Waals surface area contributed by atoms with Gasteiger partial charge in [0.15, 0.2) is 0 Å². The van der Waals surface area contributed by atoms with E-state index in [4.69, 9.17) is 0 Å². The Morgan fingerprint density at radius 2 is 1.45 bits per heavy atom. The van der Waals surface area contributed by atoms with Gasteiger partial charge in [-0.2, -0.15) is 0 Å². The SMILES string of the molecule is c1cc2ccc3cc4nccc4c4c5nccc5c(c1)c2c34. The molecule has 0 N–H and O–H groups in total. The fourth-order valence-electron chi connectivity index (χ4n) is 3.96. The third-order valence-corrected chi connectivity index (χ3v) is 4.85. The Balaban J connectivity index is 2.19. The molecule has 0 amide bonds. The molecule has 0 bridgehead atoms.